The molecule has 0 aliphatic carbocycles. The Kier molecular flexibility index (Phi) is 5.62. The summed E-state index contributed by atoms with van der Waals surface area (Å²) < 4.78 is 12.3. The van der Waals surface area contributed by atoms with Crippen LogP contribution in [-0.4, -0.2) is 39.9 Å². The molecule has 4 aromatic rings. The maximum atomic E-state index is 12.8. The number of fused-ring (bicyclic) bond motifs is 1. The highest BCUT2D eigenvalue weighted by Gasteiger charge is 2.21. The first kappa shape index (κ1) is 19.8. The van der Waals surface area contributed by atoms with Crippen molar-refractivity contribution in [2.45, 2.75) is 19.3 Å². The van der Waals surface area contributed by atoms with E-state index in [2.05, 4.69) is 20.6 Å². The maximum absolute atomic E-state index is 12.8. The monoisotopic (exact) mass is 423 g/mol. The van der Waals surface area contributed by atoms with Crippen LogP contribution in [0.2, 0.25) is 0 Å². The van der Waals surface area contributed by atoms with Gasteiger partial charge in [0.05, 0.1) is 20.1 Å². The lowest BCUT2D eigenvalue weighted by Crippen LogP contribution is -2.20. The van der Waals surface area contributed by atoms with Gasteiger partial charge in [-0.25, -0.2) is 0 Å². The number of carbonyl (C=O) groups excluding carboxylic acids is 1. The molecule has 4 rings (SSSR count). The summed E-state index contributed by atoms with van der Waals surface area (Å²) >= 11 is 1.27. The van der Waals surface area contributed by atoms with Crippen molar-refractivity contribution in [3.63, 3.8) is 0 Å². The first-order chi connectivity index (χ1) is 14.6. The lowest BCUT2D eigenvalue weighted by Gasteiger charge is -2.13. The Morgan fingerprint density at radius 3 is 2.57 bits per heavy atom. The topological polar surface area (TPSA) is 90.6 Å². The van der Waals surface area contributed by atoms with Crippen molar-refractivity contribution in [3.05, 3.63) is 54.1 Å². The molecule has 2 aromatic carbocycles. The Morgan fingerprint density at radius 1 is 1.10 bits per heavy atom. The molecular formula is C21H21N5O3S. The molecule has 0 fully saturated rings. The molecule has 1 N–H and O–H groups in total. The second kappa shape index (κ2) is 8.50. The molecule has 2 heterocycles. The van der Waals surface area contributed by atoms with Gasteiger partial charge in [-0.05, 0) is 30.2 Å². The van der Waals surface area contributed by atoms with Gasteiger partial charge < -0.3 is 9.47 Å². The molecule has 154 valence electrons. The average Bonchev–Trinajstić information content (AvgIpc) is 3.34. The number of rotatable bonds is 7. The van der Waals surface area contributed by atoms with Gasteiger partial charge in [-0.3, -0.25) is 10.1 Å². The second-order valence-electron chi connectivity index (χ2n) is 6.56. The van der Waals surface area contributed by atoms with Gasteiger partial charge in [0.1, 0.15) is 0 Å². The largest absolute Gasteiger partial charge is 0.493 e. The normalized spacial score (nSPS) is 12.0. The minimum Gasteiger partial charge on any atom is -0.493 e. The third-order valence-corrected chi connectivity index (χ3v) is 5.60. The van der Waals surface area contributed by atoms with Gasteiger partial charge in [0.25, 0.3) is 0 Å². The van der Waals surface area contributed by atoms with E-state index in [1.165, 1.54) is 11.3 Å². The fourth-order valence-corrected chi connectivity index (χ4v) is 4.02. The van der Waals surface area contributed by atoms with Crippen LogP contribution in [0, 0.1) is 0 Å². The number of methoxy groups -OCH3 is 2. The van der Waals surface area contributed by atoms with Crippen LogP contribution in [0.5, 0.6) is 11.5 Å². The van der Waals surface area contributed by atoms with E-state index in [1.54, 1.807) is 24.8 Å². The zero-order chi connectivity index (χ0) is 21.1. The molecule has 0 aliphatic rings. The molecule has 0 saturated carbocycles. The molecule has 2 aromatic heterocycles. The van der Waals surface area contributed by atoms with Crippen LogP contribution in [0.25, 0.3) is 16.3 Å². The number of aromatic nitrogens is 4. The number of carbonyl (C=O) groups is 1. The number of amides is 1. The number of anilines is 1. The Morgan fingerprint density at radius 2 is 1.87 bits per heavy atom. The minimum atomic E-state index is -0.245. The Bertz CT molecular complexity index is 1170. The van der Waals surface area contributed by atoms with E-state index < -0.39 is 0 Å². The molecule has 8 nitrogen and oxygen atoms in total. The maximum Gasteiger partial charge on any atom is 0.236 e. The van der Waals surface area contributed by atoms with Crippen molar-refractivity contribution in [2.24, 2.45) is 0 Å². The summed E-state index contributed by atoms with van der Waals surface area (Å²) in [6.45, 7) is 1.99. The Hall–Kier alpha value is -3.46. The number of nitrogens with one attached hydrogen (secondary N) is 1. The molecule has 30 heavy (non-hydrogen) atoms. The molecule has 0 aliphatic heterocycles. The van der Waals surface area contributed by atoms with Crippen molar-refractivity contribution < 1.29 is 14.3 Å². The van der Waals surface area contributed by atoms with E-state index in [0.29, 0.717) is 33.8 Å². The van der Waals surface area contributed by atoms with Crippen LogP contribution < -0.4 is 14.8 Å². The van der Waals surface area contributed by atoms with Crippen LogP contribution in [-0.2, 0) is 4.79 Å². The number of hydrogen-bond acceptors (Lipinski definition) is 7. The zero-order valence-corrected chi connectivity index (χ0v) is 17.6. The summed E-state index contributed by atoms with van der Waals surface area (Å²) in [6.07, 6.45) is 0.691. The van der Waals surface area contributed by atoms with Gasteiger partial charge in [0.2, 0.25) is 16.0 Å². The average molecular weight is 423 g/mol. The predicted molar refractivity (Wildman–Crippen MR) is 115 cm³/mol. The standard InChI is InChI=1S/C21H21N5O3S/c1-4-15(13-8-6-5-7-9-13)19(27)22-20-25-26-18(23-24-21(26)30-20)14-10-11-16(28-2)17(12-14)29-3/h5-12,15H,4H2,1-3H3,(H,22,25,27)/t15-/m1/s1. The van der Waals surface area contributed by atoms with Crippen molar-refractivity contribution in [3.8, 4) is 22.9 Å². The number of nitrogens with zero attached hydrogens (tertiary/aromatic N) is 4. The predicted octanol–water partition coefficient (Wildman–Crippen LogP) is 4.00. The fourth-order valence-electron chi connectivity index (χ4n) is 3.27. The van der Waals surface area contributed by atoms with Crippen LogP contribution in [0.15, 0.2) is 48.5 Å². The Labute approximate surface area is 177 Å². The number of hydrogen-bond donors (Lipinski definition) is 1. The second-order valence-corrected chi connectivity index (χ2v) is 7.51. The van der Waals surface area contributed by atoms with Gasteiger partial charge >= 0.3 is 0 Å². The van der Waals surface area contributed by atoms with Crippen molar-refractivity contribution in [1.29, 1.82) is 0 Å². The van der Waals surface area contributed by atoms with E-state index in [9.17, 15) is 4.79 Å². The molecule has 9 heteroatoms. The summed E-state index contributed by atoms with van der Waals surface area (Å²) in [7, 11) is 3.16. The smallest absolute Gasteiger partial charge is 0.236 e. The van der Waals surface area contributed by atoms with E-state index in [-0.39, 0.29) is 11.8 Å². The van der Waals surface area contributed by atoms with Gasteiger partial charge in [0.15, 0.2) is 17.3 Å². The quantitative estimate of drug-likeness (QED) is 0.483. The highest BCUT2D eigenvalue weighted by atomic mass is 32.1. The first-order valence-corrected chi connectivity index (χ1v) is 10.3. The fraction of sp³-hybridized carbons (Fsp3) is 0.238. The van der Waals surface area contributed by atoms with E-state index in [4.69, 9.17) is 9.47 Å². The highest BCUT2D eigenvalue weighted by Crippen LogP contribution is 2.33. The molecule has 0 bridgehead atoms. The molecule has 1 amide bonds. The lowest BCUT2D eigenvalue weighted by molar-refractivity contribution is -0.117. The molecule has 1 atom stereocenters. The summed E-state index contributed by atoms with van der Waals surface area (Å²) in [5.74, 6) is 1.42. The van der Waals surface area contributed by atoms with Gasteiger partial charge in [0, 0.05) is 5.56 Å². The molecule has 0 radical (unpaired) electrons. The summed E-state index contributed by atoms with van der Waals surface area (Å²) in [6, 6.07) is 15.2. The SMILES string of the molecule is CC[C@@H](C(=O)Nc1nn2c(-c3ccc(OC)c(OC)c3)nnc2s1)c1ccccc1. The molecule has 0 spiro atoms. The van der Waals surface area contributed by atoms with Gasteiger partial charge in [-0.1, -0.05) is 48.6 Å². The van der Waals surface area contributed by atoms with Crippen molar-refractivity contribution in [2.75, 3.05) is 19.5 Å². The molecular weight excluding hydrogens is 402 g/mol. The van der Waals surface area contributed by atoms with Crippen LogP contribution in [0.3, 0.4) is 0 Å². The Balaban J connectivity index is 1.61. The van der Waals surface area contributed by atoms with E-state index in [0.717, 1.165) is 11.1 Å². The van der Waals surface area contributed by atoms with E-state index >= 15 is 0 Å². The zero-order valence-electron chi connectivity index (χ0n) is 16.8. The van der Waals surface area contributed by atoms with Gasteiger partial charge in [-0.15, -0.1) is 15.3 Å². The van der Waals surface area contributed by atoms with Crippen LogP contribution >= 0.6 is 11.3 Å². The lowest BCUT2D eigenvalue weighted by atomic mass is 9.96. The number of benzene rings is 2. The minimum absolute atomic E-state index is 0.0960. The third kappa shape index (κ3) is 3.71. The van der Waals surface area contributed by atoms with Crippen LogP contribution in [0.1, 0.15) is 24.8 Å². The number of ether oxygens (including phenoxy) is 2. The van der Waals surface area contributed by atoms with E-state index in [1.807, 2.05) is 49.4 Å². The van der Waals surface area contributed by atoms with Crippen LogP contribution in [0.4, 0.5) is 5.13 Å². The summed E-state index contributed by atoms with van der Waals surface area (Å²) in [4.78, 5) is 13.4. The summed E-state index contributed by atoms with van der Waals surface area (Å²) in [5, 5.41) is 16.3. The molecule has 0 saturated heterocycles. The van der Waals surface area contributed by atoms with Crippen molar-refractivity contribution in [1.82, 2.24) is 19.8 Å². The highest BCUT2D eigenvalue weighted by molar-refractivity contribution is 7.20. The molecule has 0 unspecified atom stereocenters. The first-order valence-electron chi connectivity index (χ1n) is 9.45. The van der Waals surface area contributed by atoms with Crippen molar-refractivity contribution >= 4 is 27.3 Å². The third-order valence-electron chi connectivity index (χ3n) is 4.79. The van der Waals surface area contributed by atoms with Gasteiger partial charge in [-0.2, -0.15) is 4.52 Å². The summed E-state index contributed by atoms with van der Waals surface area (Å²) in [5.41, 5.74) is 1.76.